The van der Waals surface area contributed by atoms with Crippen LogP contribution in [0, 0.1) is 5.92 Å². The predicted molar refractivity (Wildman–Crippen MR) is 65.6 cm³/mol. The second-order valence-corrected chi connectivity index (χ2v) is 4.71. The van der Waals surface area contributed by atoms with E-state index < -0.39 is 12.2 Å². The fourth-order valence-corrected chi connectivity index (χ4v) is 2.32. The molecule has 1 saturated heterocycles. The highest BCUT2D eigenvalue weighted by Gasteiger charge is 2.23. The third-order valence-corrected chi connectivity index (χ3v) is 3.42. The molecule has 2 unspecified atom stereocenters. The van der Waals surface area contributed by atoms with Gasteiger partial charge in [-0.1, -0.05) is 30.3 Å². The van der Waals surface area contributed by atoms with Gasteiger partial charge in [0.05, 0.1) is 6.10 Å². The Morgan fingerprint density at radius 1 is 1.12 bits per heavy atom. The smallest absolute Gasteiger partial charge is 0.105 e. The lowest BCUT2D eigenvalue weighted by molar-refractivity contribution is -0.0138. The van der Waals surface area contributed by atoms with Gasteiger partial charge in [-0.25, -0.2) is 0 Å². The van der Waals surface area contributed by atoms with Crippen LogP contribution in [0.4, 0.5) is 0 Å². The molecule has 17 heavy (non-hydrogen) atoms. The highest BCUT2D eigenvalue weighted by atomic mass is 16.5. The van der Waals surface area contributed by atoms with Crippen LogP contribution >= 0.6 is 0 Å². The second-order valence-electron chi connectivity index (χ2n) is 4.71. The van der Waals surface area contributed by atoms with Crippen LogP contribution in [0.3, 0.4) is 0 Å². The van der Waals surface area contributed by atoms with Crippen LogP contribution in [0.25, 0.3) is 0 Å². The highest BCUT2D eigenvalue weighted by Crippen LogP contribution is 2.26. The zero-order chi connectivity index (χ0) is 12.1. The number of hydrogen-bond donors (Lipinski definition) is 2. The van der Waals surface area contributed by atoms with Crippen molar-refractivity contribution in [3.8, 4) is 0 Å². The molecule has 1 aromatic rings. The topological polar surface area (TPSA) is 49.7 Å². The van der Waals surface area contributed by atoms with Crippen molar-refractivity contribution < 1.29 is 14.9 Å². The molecule has 1 aliphatic rings. The molecule has 0 saturated carbocycles. The van der Waals surface area contributed by atoms with Crippen LogP contribution in [0.5, 0.6) is 0 Å². The minimum Gasteiger partial charge on any atom is -0.390 e. The normalized spacial score (nSPS) is 21.1. The van der Waals surface area contributed by atoms with Gasteiger partial charge in [-0.3, -0.25) is 0 Å². The summed E-state index contributed by atoms with van der Waals surface area (Å²) in [5, 5.41) is 20.1. The summed E-state index contributed by atoms with van der Waals surface area (Å²) in [7, 11) is 0. The molecular formula is C14H20O3. The average Bonchev–Trinajstić information content (AvgIpc) is 2.40. The Morgan fingerprint density at radius 3 is 2.41 bits per heavy atom. The zero-order valence-corrected chi connectivity index (χ0v) is 9.96. The second kappa shape index (κ2) is 6.15. The predicted octanol–water partition coefficient (Wildman–Crippen LogP) is 1.90. The first-order valence-corrected chi connectivity index (χ1v) is 6.26. The molecule has 3 heteroatoms. The van der Waals surface area contributed by atoms with Gasteiger partial charge in [-0.15, -0.1) is 0 Å². The molecule has 1 aromatic carbocycles. The first kappa shape index (κ1) is 12.6. The molecule has 0 radical (unpaired) electrons. The van der Waals surface area contributed by atoms with E-state index in [4.69, 9.17) is 4.74 Å². The zero-order valence-electron chi connectivity index (χ0n) is 9.96. The Bertz CT molecular complexity index is 319. The first-order chi connectivity index (χ1) is 8.27. The Balaban J connectivity index is 1.88. The summed E-state index contributed by atoms with van der Waals surface area (Å²) in [6, 6.07) is 9.34. The molecular weight excluding hydrogens is 216 g/mol. The molecule has 0 spiro atoms. The van der Waals surface area contributed by atoms with Gasteiger partial charge in [-0.05, 0) is 30.7 Å². The monoisotopic (exact) mass is 236 g/mol. The molecule has 3 nitrogen and oxygen atoms in total. The van der Waals surface area contributed by atoms with Crippen molar-refractivity contribution >= 4 is 0 Å². The van der Waals surface area contributed by atoms with E-state index in [1.54, 1.807) is 0 Å². The van der Waals surface area contributed by atoms with Gasteiger partial charge >= 0.3 is 0 Å². The van der Waals surface area contributed by atoms with Crippen LogP contribution in [-0.4, -0.2) is 29.5 Å². The van der Waals surface area contributed by atoms with E-state index in [0.717, 1.165) is 31.6 Å². The Hall–Kier alpha value is -0.900. The quantitative estimate of drug-likeness (QED) is 0.839. The number of rotatable bonds is 4. The van der Waals surface area contributed by atoms with E-state index in [2.05, 4.69) is 0 Å². The summed E-state index contributed by atoms with van der Waals surface area (Å²) < 4.78 is 5.28. The van der Waals surface area contributed by atoms with Crippen LogP contribution in [-0.2, 0) is 4.74 Å². The van der Waals surface area contributed by atoms with Gasteiger partial charge in [0, 0.05) is 13.2 Å². The summed E-state index contributed by atoms with van der Waals surface area (Å²) in [6.45, 7) is 1.55. The number of benzene rings is 1. The summed E-state index contributed by atoms with van der Waals surface area (Å²) >= 11 is 0. The summed E-state index contributed by atoms with van der Waals surface area (Å²) in [5.74, 6) is 0.470. The van der Waals surface area contributed by atoms with Crippen molar-refractivity contribution in [2.75, 3.05) is 13.2 Å². The lowest BCUT2D eigenvalue weighted by atomic mass is 9.90. The van der Waals surface area contributed by atoms with E-state index in [9.17, 15) is 10.2 Å². The van der Waals surface area contributed by atoms with Gasteiger partial charge in [0.1, 0.15) is 6.10 Å². The molecule has 2 atom stereocenters. The van der Waals surface area contributed by atoms with E-state index >= 15 is 0 Å². The molecule has 94 valence electrons. The highest BCUT2D eigenvalue weighted by molar-refractivity contribution is 5.18. The number of hydrogen-bond acceptors (Lipinski definition) is 3. The van der Waals surface area contributed by atoms with Gasteiger partial charge < -0.3 is 14.9 Å². The van der Waals surface area contributed by atoms with Crippen LogP contribution in [0.2, 0.25) is 0 Å². The van der Waals surface area contributed by atoms with E-state index in [-0.39, 0.29) is 0 Å². The van der Waals surface area contributed by atoms with Crippen molar-refractivity contribution in [1.82, 2.24) is 0 Å². The molecule has 0 bridgehead atoms. The molecule has 1 fully saturated rings. The van der Waals surface area contributed by atoms with Gasteiger partial charge in [0.25, 0.3) is 0 Å². The third kappa shape index (κ3) is 3.53. The molecule has 0 aromatic heterocycles. The molecule has 0 aliphatic carbocycles. The van der Waals surface area contributed by atoms with E-state index in [1.807, 2.05) is 30.3 Å². The molecule has 0 amide bonds. The Kier molecular flexibility index (Phi) is 4.54. The maximum Gasteiger partial charge on any atom is 0.105 e. The van der Waals surface area contributed by atoms with Gasteiger partial charge in [0.2, 0.25) is 0 Å². The first-order valence-electron chi connectivity index (χ1n) is 6.26. The maximum atomic E-state index is 10.0. The van der Waals surface area contributed by atoms with E-state index in [1.165, 1.54) is 0 Å². The van der Waals surface area contributed by atoms with Gasteiger partial charge in [-0.2, -0.15) is 0 Å². The molecule has 2 N–H and O–H groups in total. The van der Waals surface area contributed by atoms with Crippen LogP contribution in [0.1, 0.15) is 30.9 Å². The summed E-state index contributed by atoms with van der Waals surface area (Å²) in [4.78, 5) is 0. The van der Waals surface area contributed by atoms with Gasteiger partial charge in [0.15, 0.2) is 0 Å². The van der Waals surface area contributed by atoms with E-state index in [0.29, 0.717) is 12.3 Å². The molecule has 2 rings (SSSR count). The fraction of sp³-hybridized carbons (Fsp3) is 0.571. The Morgan fingerprint density at radius 2 is 1.76 bits per heavy atom. The average molecular weight is 236 g/mol. The lowest BCUT2D eigenvalue weighted by Gasteiger charge is -2.26. The molecule has 1 aliphatic heterocycles. The SMILES string of the molecule is OC(CC1CCOCC1)C(O)c1ccccc1. The standard InChI is InChI=1S/C14H20O3/c15-13(10-11-6-8-17-9-7-11)14(16)12-4-2-1-3-5-12/h1-5,11,13-16H,6-10H2. The summed E-state index contributed by atoms with van der Waals surface area (Å²) in [5.41, 5.74) is 0.784. The maximum absolute atomic E-state index is 10.0. The van der Waals surface area contributed by atoms with Crippen molar-refractivity contribution in [3.05, 3.63) is 35.9 Å². The lowest BCUT2D eigenvalue weighted by Crippen LogP contribution is -2.25. The van der Waals surface area contributed by atoms with Crippen molar-refractivity contribution in [2.24, 2.45) is 5.92 Å². The molecule has 1 heterocycles. The fourth-order valence-electron chi connectivity index (χ4n) is 2.32. The van der Waals surface area contributed by atoms with Crippen molar-refractivity contribution in [1.29, 1.82) is 0 Å². The minimum atomic E-state index is -0.779. The Labute approximate surface area is 102 Å². The van der Waals surface area contributed by atoms with Crippen molar-refractivity contribution in [3.63, 3.8) is 0 Å². The third-order valence-electron chi connectivity index (χ3n) is 3.42. The minimum absolute atomic E-state index is 0.470. The number of aliphatic hydroxyl groups is 2. The number of aliphatic hydroxyl groups excluding tert-OH is 2. The largest absolute Gasteiger partial charge is 0.390 e. The van der Waals surface area contributed by atoms with Crippen molar-refractivity contribution in [2.45, 2.75) is 31.5 Å². The summed E-state index contributed by atoms with van der Waals surface area (Å²) in [6.07, 6.45) is 1.16. The van der Waals surface area contributed by atoms with Crippen LogP contribution in [0.15, 0.2) is 30.3 Å². The number of ether oxygens (including phenoxy) is 1. The van der Waals surface area contributed by atoms with Crippen LogP contribution < -0.4 is 0 Å².